The molecule has 0 fully saturated rings. The Balaban J connectivity index is 2.11. The van der Waals surface area contributed by atoms with Crippen molar-refractivity contribution in [3.63, 3.8) is 0 Å². The Morgan fingerprint density at radius 3 is 2.46 bits per heavy atom. The summed E-state index contributed by atoms with van der Waals surface area (Å²) in [6.45, 7) is 9.55. The van der Waals surface area contributed by atoms with Gasteiger partial charge in [0.05, 0.1) is 24.2 Å². The smallest absolute Gasteiger partial charge is 0.337 e. The summed E-state index contributed by atoms with van der Waals surface area (Å²) < 4.78 is 26.9. The lowest BCUT2D eigenvalue weighted by atomic mass is 10.1. The van der Waals surface area contributed by atoms with Gasteiger partial charge < -0.3 is 14.2 Å². The van der Waals surface area contributed by atoms with Gasteiger partial charge in [0.15, 0.2) is 0 Å². The number of carbonyl (C=O) groups excluding carboxylic acids is 1. The second kappa shape index (κ2) is 9.99. The molecule has 0 amide bonds. The van der Waals surface area contributed by atoms with Gasteiger partial charge in [0.1, 0.15) is 12.4 Å². The predicted molar refractivity (Wildman–Crippen MR) is 113 cm³/mol. The highest BCUT2D eigenvalue weighted by molar-refractivity contribution is 8.04. The van der Waals surface area contributed by atoms with Crippen molar-refractivity contribution >= 4 is 23.6 Å². The lowest BCUT2D eigenvalue weighted by Crippen LogP contribution is -2.03. The third kappa shape index (κ3) is 6.16. The molecule has 0 saturated heterocycles. The van der Waals surface area contributed by atoms with E-state index in [-0.39, 0.29) is 11.8 Å². The molecule has 2 rings (SSSR count). The Morgan fingerprint density at radius 1 is 1.21 bits per heavy atom. The Kier molecular flexibility index (Phi) is 7.70. The van der Waals surface area contributed by atoms with E-state index in [4.69, 9.17) is 9.47 Å². The van der Waals surface area contributed by atoms with Crippen molar-refractivity contribution in [1.29, 1.82) is 0 Å². The minimum atomic E-state index is -0.372. The van der Waals surface area contributed by atoms with Crippen molar-refractivity contribution in [3.05, 3.63) is 82.0 Å². The molecule has 0 atom stereocenters. The van der Waals surface area contributed by atoms with Gasteiger partial charge in [-0.05, 0) is 79.8 Å². The first-order valence-corrected chi connectivity index (χ1v) is 9.48. The Hall–Kier alpha value is -2.73. The molecule has 0 heterocycles. The molecule has 0 saturated carbocycles. The molecule has 148 valence electrons. The number of benzene rings is 2. The van der Waals surface area contributed by atoms with Crippen LogP contribution in [0.25, 0.3) is 0 Å². The topological polar surface area (TPSA) is 47.6 Å². The fourth-order valence-electron chi connectivity index (χ4n) is 2.38. The number of aryl methyl sites for hydroxylation is 2. The third-order valence-corrected chi connectivity index (χ3v) is 4.72. The summed E-state index contributed by atoms with van der Waals surface area (Å²) in [5, 5.41) is 0. The molecule has 0 bridgehead atoms. The molecule has 28 heavy (non-hydrogen) atoms. The Morgan fingerprint density at radius 2 is 1.86 bits per heavy atom. The maximum atomic E-state index is 13.0. The number of esters is 1. The van der Waals surface area contributed by atoms with Crippen LogP contribution in [0.4, 0.5) is 10.1 Å². The van der Waals surface area contributed by atoms with E-state index in [0.29, 0.717) is 22.8 Å². The van der Waals surface area contributed by atoms with Crippen LogP contribution in [0.5, 0.6) is 5.75 Å². The number of anilines is 1. The average molecular weight is 402 g/mol. The molecule has 0 aliphatic heterocycles. The van der Waals surface area contributed by atoms with Crippen LogP contribution >= 0.6 is 11.9 Å². The zero-order valence-electron chi connectivity index (χ0n) is 16.5. The number of nitrogens with one attached hydrogen (secondary N) is 1. The summed E-state index contributed by atoms with van der Waals surface area (Å²) in [4.78, 5) is 12.1. The summed E-state index contributed by atoms with van der Waals surface area (Å²) in [5.74, 6) is 0.00981. The summed E-state index contributed by atoms with van der Waals surface area (Å²) >= 11 is 1.22. The van der Waals surface area contributed by atoms with Crippen LogP contribution in [0.3, 0.4) is 0 Å². The molecule has 4 nitrogen and oxygen atoms in total. The number of allylic oxidation sites excluding steroid dienone is 2. The van der Waals surface area contributed by atoms with Gasteiger partial charge in [0, 0.05) is 4.91 Å². The SMILES string of the molecule is C=C(/C=C(\C)F)SNc1cc(C)c(C)cc1OCc1ccc(C(=O)OC)cc1. The Labute approximate surface area is 169 Å². The molecule has 0 spiro atoms. The lowest BCUT2D eigenvalue weighted by Gasteiger charge is -2.15. The minimum absolute atomic E-state index is 0.300. The zero-order valence-corrected chi connectivity index (χ0v) is 17.3. The highest BCUT2D eigenvalue weighted by Gasteiger charge is 2.09. The fourth-order valence-corrected chi connectivity index (χ4v) is 3.00. The molecule has 2 aromatic carbocycles. The second-order valence-electron chi connectivity index (χ2n) is 6.31. The number of carbonyl (C=O) groups is 1. The van der Waals surface area contributed by atoms with Gasteiger partial charge in [0.25, 0.3) is 0 Å². The predicted octanol–water partition coefficient (Wildman–Crippen LogP) is 6.12. The molecule has 0 aromatic heterocycles. The van der Waals surface area contributed by atoms with Crippen molar-refractivity contribution in [2.45, 2.75) is 27.4 Å². The zero-order chi connectivity index (χ0) is 20.7. The molecule has 0 unspecified atom stereocenters. The molecule has 1 N–H and O–H groups in total. The van der Waals surface area contributed by atoms with Gasteiger partial charge in [-0.25, -0.2) is 9.18 Å². The molecule has 2 aromatic rings. The largest absolute Gasteiger partial charge is 0.487 e. The summed E-state index contributed by atoms with van der Waals surface area (Å²) in [6.07, 6.45) is 1.36. The highest BCUT2D eigenvalue weighted by atomic mass is 32.2. The maximum absolute atomic E-state index is 13.0. The molecular weight excluding hydrogens is 377 g/mol. The summed E-state index contributed by atoms with van der Waals surface area (Å²) in [7, 11) is 1.35. The van der Waals surface area contributed by atoms with E-state index < -0.39 is 0 Å². The van der Waals surface area contributed by atoms with Crippen LogP contribution in [0, 0.1) is 13.8 Å². The van der Waals surface area contributed by atoms with E-state index in [0.717, 1.165) is 22.4 Å². The summed E-state index contributed by atoms with van der Waals surface area (Å²) in [6, 6.07) is 11.0. The molecule has 6 heteroatoms. The number of ether oxygens (including phenoxy) is 2. The van der Waals surface area contributed by atoms with Crippen molar-refractivity contribution in [2.24, 2.45) is 0 Å². The van der Waals surface area contributed by atoms with Crippen molar-refractivity contribution < 1.29 is 18.7 Å². The standard InChI is InChI=1S/C22H24FNO3S/c1-14-10-20(24-28-17(4)12-16(3)23)21(11-15(14)2)27-13-18-6-8-19(9-7-18)22(25)26-5/h6-12,24H,4,13H2,1-3,5H3/b16-12+. The number of halogens is 1. The monoisotopic (exact) mass is 401 g/mol. The Bertz CT molecular complexity index is 887. The molecule has 0 aliphatic carbocycles. The van der Waals surface area contributed by atoms with Crippen LogP contribution in [-0.4, -0.2) is 13.1 Å². The van der Waals surface area contributed by atoms with E-state index in [1.807, 2.05) is 38.1 Å². The van der Waals surface area contributed by atoms with Crippen LogP contribution in [-0.2, 0) is 11.3 Å². The van der Waals surface area contributed by atoms with E-state index >= 15 is 0 Å². The van der Waals surface area contributed by atoms with Crippen LogP contribution in [0.2, 0.25) is 0 Å². The first-order chi connectivity index (χ1) is 13.3. The minimum Gasteiger partial charge on any atom is -0.487 e. The third-order valence-electron chi connectivity index (χ3n) is 4.02. The highest BCUT2D eigenvalue weighted by Crippen LogP contribution is 2.32. The first kappa shape index (κ1) is 21.6. The molecular formula is C22H24FNO3S. The number of methoxy groups -OCH3 is 1. The lowest BCUT2D eigenvalue weighted by molar-refractivity contribution is 0.0600. The van der Waals surface area contributed by atoms with Gasteiger partial charge in [-0.2, -0.15) is 0 Å². The normalized spacial score (nSPS) is 11.1. The number of hydrogen-bond donors (Lipinski definition) is 1. The molecule has 0 aliphatic rings. The molecule has 0 radical (unpaired) electrons. The van der Waals surface area contributed by atoms with E-state index in [1.165, 1.54) is 32.1 Å². The second-order valence-corrected chi connectivity index (χ2v) is 7.24. The van der Waals surface area contributed by atoms with Gasteiger partial charge in [0.2, 0.25) is 0 Å². The van der Waals surface area contributed by atoms with E-state index in [9.17, 15) is 9.18 Å². The van der Waals surface area contributed by atoms with Gasteiger partial charge in [-0.3, -0.25) is 0 Å². The summed E-state index contributed by atoms with van der Waals surface area (Å²) in [5.41, 5.74) is 4.41. The van der Waals surface area contributed by atoms with E-state index in [2.05, 4.69) is 11.3 Å². The number of rotatable bonds is 8. The maximum Gasteiger partial charge on any atom is 0.337 e. The fraction of sp³-hybridized carbons (Fsp3) is 0.227. The average Bonchev–Trinajstić information content (AvgIpc) is 2.66. The van der Waals surface area contributed by atoms with Gasteiger partial charge >= 0.3 is 5.97 Å². The van der Waals surface area contributed by atoms with Gasteiger partial charge in [-0.15, -0.1) is 0 Å². The van der Waals surface area contributed by atoms with Crippen molar-refractivity contribution in [3.8, 4) is 5.75 Å². The quantitative estimate of drug-likeness (QED) is 0.328. The first-order valence-electron chi connectivity index (χ1n) is 8.67. The van der Waals surface area contributed by atoms with Crippen LogP contribution in [0.15, 0.2) is 59.8 Å². The van der Waals surface area contributed by atoms with E-state index in [1.54, 1.807) is 12.1 Å². The van der Waals surface area contributed by atoms with Crippen molar-refractivity contribution in [2.75, 3.05) is 11.8 Å². The van der Waals surface area contributed by atoms with Crippen LogP contribution in [0.1, 0.15) is 34.0 Å². The van der Waals surface area contributed by atoms with Crippen LogP contribution < -0.4 is 9.46 Å². The van der Waals surface area contributed by atoms with Crippen molar-refractivity contribution in [1.82, 2.24) is 0 Å². The van der Waals surface area contributed by atoms with Gasteiger partial charge in [-0.1, -0.05) is 18.7 Å². The number of hydrogen-bond acceptors (Lipinski definition) is 5.